The van der Waals surface area contributed by atoms with Crippen molar-refractivity contribution in [1.29, 1.82) is 0 Å². The van der Waals surface area contributed by atoms with Crippen LogP contribution < -0.4 is 10.1 Å². The van der Waals surface area contributed by atoms with Gasteiger partial charge < -0.3 is 10.1 Å². The Hall–Kier alpha value is -2.88. The van der Waals surface area contributed by atoms with Gasteiger partial charge in [-0.2, -0.15) is 0 Å². The fraction of sp³-hybridized carbons (Fsp3) is 0.0588. The van der Waals surface area contributed by atoms with Crippen molar-refractivity contribution < 1.29 is 9.53 Å². The summed E-state index contributed by atoms with van der Waals surface area (Å²) < 4.78 is 5.28. The van der Waals surface area contributed by atoms with Crippen molar-refractivity contribution in [3.63, 3.8) is 0 Å². The molecule has 0 unspecified atom stereocenters. The molecule has 0 bridgehead atoms. The van der Waals surface area contributed by atoms with Crippen LogP contribution in [0.5, 0.6) is 5.75 Å². The second-order valence-corrected chi connectivity index (χ2v) is 4.55. The normalized spacial score (nSPS) is 15.8. The minimum atomic E-state index is -0.209. The standard InChI is InChI=1S/C17H14N2O2/c1-21-15-10-6-5-9-13(15)11-14-17(20)19-16(18-14)12-7-3-2-4-8-12/h2-11H,1H3,(H,18,19,20). The molecule has 2 aromatic carbocycles. The van der Waals surface area contributed by atoms with E-state index in [-0.39, 0.29) is 5.91 Å². The third kappa shape index (κ3) is 2.69. The zero-order chi connectivity index (χ0) is 14.7. The van der Waals surface area contributed by atoms with E-state index in [4.69, 9.17) is 4.74 Å². The summed E-state index contributed by atoms with van der Waals surface area (Å²) in [6.07, 6.45) is 1.73. The number of para-hydroxylation sites is 1. The van der Waals surface area contributed by atoms with E-state index in [0.29, 0.717) is 17.3 Å². The molecule has 1 N–H and O–H groups in total. The monoisotopic (exact) mass is 278 g/mol. The van der Waals surface area contributed by atoms with Crippen LogP contribution in [0.2, 0.25) is 0 Å². The largest absolute Gasteiger partial charge is 0.496 e. The van der Waals surface area contributed by atoms with Crippen molar-refractivity contribution in [2.45, 2.75) is 0 Å². The molecule has 0 radical (unpaired) electrons. The topological polar surface area (TPSA) is 50.7 Å². The molecule has 1 aliphatic rings. The molecule has 3 rings (SSSR count). The van der Waals surface area contributed by atoms with Crippen LogP contribution in [-0.4, -0.2) is 18.9 Å². The molecule has 0 atom stereocenters. The van der Waals surface area contributed by atoms with E-state index in [9.17, 15) is 4.79 Å². The fourth-order valence-corrected chi connectivity index (χ4v) is 2.13. The van der Waals surface area contributed by atoms with Gasteiger partial charge >= 0.3 is 0 Å². The second-order valence-electron chi connectivity index (χ2n) is 4.55. The minimum absolute atomic E-state index is 0.209. The van der Waals surface area contributed by atoms with Gasteiger partial charge in [0, 0.05) is 11.1 Å². The summed E-state index contributed by atoms with van der Waals surface area (Å²) in [6, 6.07) is 17.1. The number of nitrogens with one attached hydrogen (secondary N) is 1. The zero-order valence-electron chi connectivity index (χ0n) is 11.5. The van der Waals surface area contributed by atoms with Crippen molar-refractivity contribution in [3.8, 4) is 5.75 Å². The lowest BCUT2D eigenvalue weighted by molar-refractivity contribution is -0.115. The summed E-state index contributed by atoms with van der Waals surface area (Å²) in [4.78, 5) is 16.4. The molecule has 0 aromatic heterocycles. The third-order valence-electron chi connectivity index (χ3n) is 3.18. The van der Waals surface area contributed by atoms with Gasteiger partial charge in [0.1, 0.15) is 17.3 Å². The van der Waals surface area contributed by atoms with Gasteiger partial charge in [-0.3, -0.25) is 4.79 Å². The molecule has 0 fully saturated rings. The zero-order valence-corrected chi connectivity index (χ0v) is 11.5. The van der Waals surface area contributed by atoms with Gasteiger partial charge in [-0.15, -0.1) is 0 Å². The number of ether oxygens (including phenoxy) is 1. The number of methoxy groups -OCH3 is 1. The van der Waals surface area contributed by atoms with E-state index in [1.165, 1.54) is 0 Å². The number of hydrogen-bond donors (Lipinski definition) is 1. The number of amides is 1. The Bertz CT molecular complexity index is 733. The Kier molecular flexibility index (Phi) is 3.51. The van der Waals surface area contributed by atoms with Crippen LogP contribution in [0, 0.1) is 0 Å². The van der Waals surface area contributed by atoms with Gasteiger partial charge in [-0.25, -0.2) is 4.99 Å². The first-order chi connectivity index (χ1) is 10.3. The first kappa shape index (κ1) is 13.1. The number of benzene rings is 2. The Morgan fingerprint density at radius 3 is 2.52 bits per heavy atom. The molecule has 1 amide bonds. The quantitative estimate of drug-likeness (QED) is 0.877. The van der Waals surface area contributed by atoms with Crippen LogP contribution in [0.3, 0.4) is 0 Å². The predicted molar refractivity (Wildman–Crippen MR) is 82.1 cm³/mol. The van der Waals surface area contributed by atoms with Gasteiger partial charge in [-0.1, -0.05) is 48.5 Å². The Morgan fingerprint density at radius 2 is 1.76 bits per heavy atom. The maximum absolute atomic E-state index is 12.0. The smallest absolute Gasteiger partial charge is 0.275 e. The fourth-order valence-electron chi connectivity index (χ4n) is 2.13. The highest BCUT2D eigenvalue weighted by molar-refractivity contribution is 6.19. The van der Waals surface area contributed by atoms with Crippen LogP contribution >= 0.6 is 0 Å². The van der Waals surface area contributed by atoms with E-state index in [0.717, 1.165) is 11.1 Å². The lowest BCUT2D eigenvalue weighted by Gasteiger charge is -2.03. The molecular formula is C17H14N2O2. The van der Waals surface area contributed by atoms with E-state index in [1.807, 2.05) is 54.6 Å². The molecule has 0 saturated heterocycles. The van der Waals surface area contributed by atoms with Crippen LogP contribution in [0.25, 0.3) is 6.08 Å². The summed E-state index contributed by atoms with van der Waals surface area (Å²) >= 11 is 0. The predicted octanol–water partition coefficient (Wildman–Crippen LogP) is 2.61. The van der Waals surface area contributed by atoms with Crippen molar-refractivity contribution in [3.05, 3.63) is 71.4 Å². The van der Waals surface area contributed by atoms with Gasteiger partial charge in [-0.05, 0) is 12.1 Å². The number of amidine groups is 1. The number of carbonyl (C=O) groups is 1. The number of hydrogen-bond acceptors (Lipinski definition) is 3. The van der Waals surface area contributed by atoms with Crippen molar-refractivity contribution >= 4 is 17.8 Å². The lowest BCUT2D eigenvalue weighted by atomic mass is 10.1. The summed E-state index contributed by atoms with van der Waals surface area (Å²) in [5.41, 5.74) is 2.08. The van der Waals surface area contributed by atoms with Gasteiger partial charge in [0.25, 0.3) is 5.91 Å². The Morgan fingerprint density at radius 1 is 1.05 bits per heavy atom. The van der Waals surface area contributed by atoms with Crippen LogP contribution in [-0.2, 0) is 4.79 Å². The summed E-state index contributed by atoms with van der Waals surface area (Å²) in [6.45, 7) is 0. The molecule has 104 valence electrons. The van der Waals surface area contributed by atoms with E-state index >= 15 is 0 Å². The minimum Gasteiger partial charge on any atom is -0.496 e. The van der Waals surface area contributed by atoms with Crippen molar-refractivity contribution in [1.82, 2.24) is 5.32 Å². The highest BCUT2D eigenvalue weighted by atomic mass is 16.5. The SMILES string of the molecule is COc1ccccc1C=C1N=C(c2ccccc2)NC1=O. The van der Waals surface area contributed by atoms with Crippen molar-refractivity contribution in [2.75, 3.05) is 7.11 Å². The highest BCUT2D eigenvalue weighted by Crippen LogP contribution is 2.22. The molecule has 2 aromatic rings. The van der Waals surface area contributed by atoms with Crippen molar-refractivity contribution in [2.24, 2.45) is 4.99 Å². The number of carbonyl (C=O) groups excluding carboxylic acids is 1. The molecule has 21 heavy (non-hydrogen) atoms. The molecule has 4 nitrogen and oxygen atoms in total. The van der Waals surface area contributed by atoms with Gasteiger partial charge in [0.2, 0.25) is 0 Å². The van der Waals surface area contributed by atoms with Crippen LogP contribution in [0.1, 0.15) is 11.1 Å². The lowest BCUT2D eigenvalue weighted by Crippen LogP contribution is -2.24. The molecule has 4 heteroatoms. The summed E-state index contributed by atoms with van der Waals surface area (Å²) in [7, 11) is 1.60. The Balaban J connectivity index is 1.97. The van der Waals surface area contributed by atoms with Gasteiger partial charge in [0.05, 0.1) is 7.11 Å². The first-order valence-electron chi connectivity index (χ1n) is 6.58. The number of rotatable bonds is 3. The summed E-state index contributed by atoms with van der Waals surface area (Å²) in [5.74, 6) is 1.07. The molecule has 0 aliphatic carbocycles. The van der Waals surface area contributed by atoms with E-state index in [2.05, 4.69) is 10.3 Å². The molecular weight excluding hydrogens is 264 g/mol. The second kappa shape index (κ2) is 5.63. The molecule has 0 spiro atoms. The first-order valence-corrected chi connectivity index (χ1v) is 6.58. The van der Waals surface area contributed by atoms with Crippen LogP contribution in [0.4, 0.5) is 0 Å². The maximum atomic E-state index is 12.0. The third-order valence-corrected chi connectivity index (χ3v) is 3.18. The average molecular weight is 278 g/mol. The number of nitrogens with zero attached hydrogens (tertiary/aromatic N) is 1. The number of aliphatic imine (C=N–C) groups is 1. The Labute approximate surface area is 122 Å². The maximum Gasteiger partial charge on any atom is 0.275 e. The molecule has 1 heterocycles. The molecule has 1 aliphatic heterocycles. The van der Waals surface area contributed by atoms with Crippen LogP contribution in [0.15, 0.2) is 65.3 Å². The average Bonchev–Trinajstić information content (AvgIpc) is 2.90. The van der Waals surface area contributed by atoms with E-state index < -0.39 is 0 Å². The molecule has 0 saturated carbocycles. The highest BCUT2D eigenvalue weighted by Gasteiger charge is 2.21. The van der Waals surface area contributed by atoms with E-state index in [1.54, 1.807) is 13.2 Å². The summed E-state index contributed by atoms with van der Waals surface area (Å²) in [5, 5.41) is 2.78. The van der Waals surface area contributed by atoms with Gasteiger partial charge in [0.15, 0.2) is 0 Å².